The molecule has 2 aliphatic heterocycles. The van der Waals surface area contributed by atoms with Gasteiger partial charge in [0.1, 0.15) is 43.2 Å². The molecule has 2 fully saturated rings. The molecule has 0 saturated carbocycles. The Balaban J connectivity index is 2.19. The van der Waals surface area contributed by atoms with E-state index in [1.807, 2.05) is 0 Å². The molecule has 0 aromatic heterocycles. The SMILES string of the molecule is CCC1O[C@@H](O[C@H]2C(COO[O-])O[C@@H](OC)C(O)[C@H]2O)C(O)[C@@H](C)[C@H]1OS(=O)(=O)[O-]. The molecule has 2 heterocycles. The molecule has 0 bridgehead atoms. The number of hydrogen-bond acceptors (Lipinski definition) is 14. The molecule has 0 aliphatic carbocycles. The summed E-state index contributed by atoms with van der Waals surface area (Å²) in [6, 6.07) is 0. The quantitative estimate of drug-likeness (QED) is 0.133. The first kappa shape index (κ1) is 25.7. The minimum Gasteiger partial charge on any atom is -0.726 e. The molecular formula is C15H26O14S-2. The smallest absolute Gasteiger partial charge is 0.218 e. The number of rotatable bonds is 9. The van der Waals surface area contributed by atoms with Gasteiger partial charge in [-0.2, -0.15) is 0 Å². The third-order valence-electron chi connectivity index (χ3n) is 5.09. The van der Waals surface area contributed by atoms with Crippen LogP contribution >= 0.6 is 0 Å². The lowest BCUT2D eigenvalue weighted by molar-refractivity contribution is -0.801. The molecule has 178 valence electrons. The van der Waals surface area contributed by atoms with Gasteiger partial charge in [0, 0.05) is 13.0 Å². The first-order valence-corrected chi connectivity index (χ1v) is 10.5. The van der Waals surface area contributed by atoms with Crippen molar-refractivity contribution in [3.63, 3.8) is 0 Å². The van der Waals surface area contributed by atoms with E-state index in [9.17, 15) is 33.5 Å². The second kappa shape index (κ2) is 10.9. The maximum Gasteiger partial charge on any atom is 0.218 e. The minimum absolute atomic E-state index is 0.200. The Morgan fingerprint density at radius 2 is 1.63 bits per heavy atom. The molecule has 15 heteroatoms. The lowest BCUT2D eigenvalue weighted by atomic mass is 9.89. The van der Waals surface area contributed by atoms with E-state index in [-0.39, 0.29) is 6.42 Å². The second-order valence-corrected chi connectivity index (χ2v) is 7.99. The van der Waals surface area contributed by atoms with Crippen LogP contribution in [-0.4, -0.2) is 97.3 Å². The molecule has 30 heavy (non-hydrogen) atoms. The lowest BCUT2D eigenvalue weighted by Crippen LogP contribution is -2.63. The molecule has 0 amide bonds. The normalized spacial score (nSPS) is 42.9. The molecule has 14 nitrogen and oxygen atoms in total. The van der Waals surface area contributed by atoms with E-state index in [1.54, 1.807) is 6.92 Å². The molecule has 4 unspecified atom stereocenters. The summed E-state index contributed by atoms with van der Waals surface area (Å²) in [6.45, 7) is 2.54. The van der Waals surface area contributed by atoms with Gasteiger partial charge >= 0.3 is 0 Å². The Labute approximate surface area is 173 Å². The van der Waals surface area contributed by atoms with E-state index < -0.39 is 78.2 Å². The summed E-state index contributed by atoms with van der Waals surface area (Å²) in [4.78, 5) is 4.30. The van der Waals surface area contributed by atoms with Gasteiger partial charge in [0.2, 0.25) is 10.4 Å². The zero-order chi connectivity index (χ0) is 22.6. The maximum atomic E-state index is 11.0. The van der Waals surface area contributed by atoms with Crippen LogP contribution in [0.1, 0.15) is 20.3 Å². The van der Waals surface area contributed by atoms with Gasteiger partial charge in [0.15, 0.2) is 12.6 Å². The molecule has 0 aromatic rings. The van der Waals surface area contributed by atoms with E-state index in [0.717, 1.165) is 0 Å². The van der Waals surface area contributed by atoms with Crippen LogP contribution in [0.4, 0.5) is 0 Å². The summed E-state index contributed by atoms with van der Waals surface area (Å²) in [6.07, 6.45) is -11.9. The predicted octanol–water partition coefficient (Wildman–Crippen LogP) is -3.33. The molecular weight excluding hydrogens is 436 g/mol. The van der Waals surface area contributed by atoms with Crippen LogP contribution in [0.15, 0.2) is 0 Å². The fourth-order valence-corrected chi connectivity index (χ4v) is 4.06. The van der Waals surface area contributed by atoms with Crippen molar-refractivity contribution in [1.29, 1.82) is 0 Å². The third-order valence-corrected chi connectivity index (χ3v) is 5.55. The van der Waals surface area contributed by atoms with Gasteiger partial charge in [0.05, 0.1) is 6.10 Å². The largest absolute Gasteiger partial charge is 0.726 e. The van der Waals surface area contributed by atoms with Crippen LogP contribution in [0.5, 0.6) is 0 Å². The lowest BCUT2D eigenvalue weighted by Gasteiger charge is -2.47. The van der Waals surface area contributed by atoms with Crippen LogP contribution in [0, 0.1) is 5.92 Å². The van der Waals surface area contributed by atoms with Crippen LogP contribution in [0.2, 0.25) is 0 Å². The molecule has 0 spiro atoms. The fourth-order valence-electron chi connectivity index (χ4n) is 3.49. The van der Waals surface area contributed by atoms with Crippen molar-refractivity contribution in [2.24, 2.45) is 5.92 Å². The predicted molar refractivity (Wildman–Crippen MR) is 88.3 cm³/mol. The Bertz CT molecular complexity index is 629. The monoisotopic (exact) mass is 462 g/mol. The van der Waals surface area contributed by atoms with Crippen molar-refractivity contribution < 1.29 is 66.6 Å². The summed E-state index contributed by atoms with van der Waals surface area (Å²) in [5.74, 6) is -0.921. The summed E-state index contributed by atoms with van der Waals surface area (Å²) < 4.78 is 59.0. The highest BCUT2D eigenvalue weighted by atomic mass is 32.3. The molecule has 3 N–H and O–H groups in total. The Kier molecular flexibility index (Phi) is 9.32. The number of methoxy groups -OCH3 is 1. The second-order valence-electron chi connectivity index (χ2n) is 6.98. The Morgan fingerprint density at radius 1 is 1.00 bits per heavy atom. The zero-order valence-corrected chi connectivity index (χ0v) is 17.2. The van der Waals surface area contributed by atoms with Gasteiger partial charge in [-0.25, -0.2) is 13.3 Å². The van der Waals surface area contributed by atoms with Crippen molar-refractivity contribution >= 4 is 10.4 Å². The topological polar surface area (TPSA) is 206 Å². The van der Waals surface area contributed by atoms with E-state index >= 15 is 0 Å². The van der Waals surface area contributed by atoms with Gasteiger partial charge in [-0.3, -0.25) is 9.22 Å². The minimum atomic E-state index is -5.06. The maximum absolute atomic E-state index is 11.0. The standard InChI is InChI=1S/C15H28O14S/c1-4-7-12(28-30(20,21)22)6(2)9(16)15(25-7)27-13-8(5-24-29-19)26-14(23-3)11(18)10(13)17/h6-19H,4-5H2,1-3H3,(H,20,21,22)/p-2/t6-,7?,8?,9?,10-,11?,12-,13+,14-,15+/m1/s1. The van der Waals surface area contributed by atoms with Crippen molar-refractivity contribution in [3.05, 3.63) is 0 Å². The van der Waals surface area contributed by atoms with Crippen molar-refractivity contribution in [3.8, 4) is 0 Å². The van der Waals surface area contributed by atoms with Crippen LogP contribution in [-0.2, 0) is 43.5 Å². The zero-order valence-electron chi connectivity index (χ0n) is 16.4. The molecule has 10 atom stereocenters. The third kappa shape index (κ3) is 6.04. The van der Waals surface area contributed by atoms with Gasteiger partial charge in [-0.05, 0) is 6.42 Å². The summed E-state index contributed by atoms with van der Waals surface area (Å²) in [7, 11) is -3.84. The average molecular weight is 462 g/mol. The number of aliphatic hydroxyl groups excluding tert-OH is 3. The van der Waals surface area contributed by atoms with Crippen LogP contribution < -0.4 is 5.26 Å². The van der Waals surface area contributed by atoms with Gasteiger partial charge in [0.25, 0.3) is 0 Å². The molecule has 0 aromatic carbocycles. The van der Waals surface area contributed by atoms with E-state index in [2.05, 4.69) is 14.1 Å². The number of aliphatic hydroxyl groups is 3. The van der Waals surface area contributed by atoms with Crippen LogP contribution in [0.25, 0.3) is 0 Å². The highest BCUT2D eigenvalue weighted by Crippen LogP contribution is 2.34. The van der Waals surface area contributed by atoms with E-state index in [1.165, 1.54) is 14.0 Å². The first-order valence-electron chi connectivity index (χ1n) is 9.12. The fraction of sp³-hybridized carbons (Fsp3) is 1.00. The van der Waals surface area contributed by atoms with E-state index in [4.69, 9.17) is 18.9 Å². The number of ether oxygens (including phenoxy) is 4. The average Bonchev–Trinajstić information content (AvgIpc) is 2.69. The Hall–Kier alpha value is -0.530. The van der Waals surface area contributed by atoms with Gasteiger partial charge in [-0.15, -0.1) is 0 Å². The molecule has 2 rings (SSSR count). The molecule has 0 radical (unpaired) electrons. The molecule has 2 aliphatic rings. The Morgan fingerprint density at radius 3 is 2.17 bits per heavy atom. The number of hydrogen-bond donors (Lipinski definition) is 3. The highest BCUT2D eigenvalue weighted by Gasteiger charge is 2.50. The summed E-state index contributed by atoms with van der Waals surface area (Å²) >= 11 is 0. The van der Waals surface area contributed by atoms with Gasteiger partial charge < -0.3 is 44.1 Å². The summed E-state index contributed by atoms with van der Waals surface area (Å²) in [5, 5.41) is 44.5. The van der Waals surface area contributed by atoms with Crippen molar-refractivity contribution in [1.82, 2.24) is 0 Å². The van der Waals surface area contributed by atoms with Crippen LogP contribution in [0.3, 0.4) is 0 Å². The van der Waals surface area contributed by atoms with Crippen molar-refractivity contribution in [2.45, 2.75) is 75.6 Å². The molecule has 2 saturated heterocycles. The first-order chi connectivity index (χ1) is 14.0. The summed E-state index contributed by atoms with van der Waals surface area (Å²) in [5.41, 5.74) is 0. The van der Waals surface area contributed by atoms with Gasteiger partial charge in [-0.1, -0.05) is 13.8 Å². The highest BCUT2D eigenvalue weighted by molar-refractivity contribution is 7.80. The van der Waals surface area contributed by atoms with E-state index in [0.29, 0.717) is 0 Å². The van der Waals surface area contributed by atoms with Crippen molar-refractivity contribution in [2.75, 3.05) is 13.7 Å².